The number of rotatable bonds is 2. The number of benzene rings is 2. The fourth-order valence-corrected chi connectivity index (χ4v) is 2.15. The van der Waals surface area contributed by atoms with E-state index in [1.54, 1.807) is 12.3 Å². The zero-order valence-electron chi connectivity index (χ0n) is 13.1. The van der Waals surface area contributed by atoms with E-state index in [4.69, 9.17) is 30.2 Å². The molecule has 2 aromatic rings. The third-order valence-corrected chi connectivity index (χ3v) is 3.39. The Balaban J connectivity index is 0.000000816. The first-order chi connectivity index (χ1) is 10.8. The summed E-state index contributed by atoms with van der Waals surface area (Å²) in [5.41, 5.74) is 2.17. The molecule has 0 aliphatic rings. The minimum absolute atomic E-state index is 0.113. The molecule has 0 amide bonds. The third-order valence-electron chi connectivity index (χ3n) is 3.07. The molecule has 2 nitrogen and oxygen atoms in total. The van der Waals surface area contributed by atoms with E-state index in [0.717, 1.165) is 5.56 Å². The van der Waals surface area contributed by atoms with Crippen LogP contribution in [0.25, 0.3) is 0 Å². The summed E-state index contributed by atoms with van der Waals surface area (Å²) in [6.45, 7) is 6.20. The van der Waals surface area contributed by atoms with Crippen LogP contribution in [0.3, 0.4) is 0 Å². The molecule has 0 heterocycles. The first-order valence-electron chi connectivity index (χ1n) is 6.88. The predicted octanol–water partition coefficient (Wildman–Crippen LogP) is 6.47. The molecule has 0 aliphatic carbocycles. The zero-order chi connectivity index (χ0) is 17.5. The summed E-state index contributed by atoms with van der Waals surface area (Å²) in [7, 11) is 9.78. The number of hydrogen-bond donors (Lipinski definition) is 1. The van der Waals surface area contributed by atoms with E-state index in [-0.39, 0.29) is 11.2 Å². The van der Waals surface area contributed by atoms with Gasteiger partial charge in [0.15, 0.2) is 0 Å². The Morgan fingerprint density at radius 3 is 2.22 bits per heavy atom. The van der Waals surface area contributed by atoms with Gasteiger partial charge in [0.1, 0.15) is 5.75 Å². The molecular weight excluding hydrogens is 388 g/mol. The molecule has 0 aromatic heterocycles. The van der Waals surface area contributed by atoms with Gasteiger partial charge in [0, 0.05) is 11.8 Å². The second-order valence-electron chi connectivity index (χ2n) is 5.77. The van der Waals surface area contributed by atoms with Gasteiger partial charge in [-0.1, -0.05) is 56.6 Å². The number of phenolic OH excluding ortho intramolecular Hbond substituents is 1. The van der Waals surface area contributed by atoms with Gasteiger partial charge in [0.2, 0.25) is 0 Å². The Labute approximate surface area is 159 Å². The molecular formula is C17H18Cl3NOTi. The average molecular weight is 407 g/mol. The molecule has 0 spiro atoms. The monoisotopic (exact) mass is 405 g/mol. The number of nitrogens with zero attached hydrogens (tertiary/aromatic N) is 1. The SMILES string of the molecule is CC(C)(C)c1cccc(C=Nc2ccccc2Cl)c1O.[Cl][Ti][Cl]. The van der Waals surface area contributed by atoms with E-state index >= 15 is 0 Å². The summed E-state index contributed by atoms with van der Waals surface area (Å²) >= 11 is 5.50. The van der Waals surface area contributed by atoms with Crippen molar-refractivity contribution in [1.82, 2.24) is 0 Å². The maximum absolute atomic E-state index is 10.3. The van der Waals surface area contributed by atoms with E-state index in [1.165, 1.54) is 0 Å². The Morgan fingerprint density at radius 1 is 1.04 bits per heavy atom. The summed E-state index contributed by atoms with van der Waals surface area (Å²) in [5, 5.41) is 10.9. The number of para-hydroxylation sites is 2. The molecule has 122 valence electrons. The molecule has 1 N–H and O–H groups in total. The van der Waals surface area contributed by atoms with Crippen LogP contribution in [0.1, 0.15) is 31.9 Å². The van der Waals surface area contributed by atoms with Crippen molar-refractivity contribution in [2.45, 2.75) is 26.2 Å². The molecule has 6 heteroatoms. The van der Waals surface area contributed by atoms with Gasteiger partial charge in [-0.25, -0.2) is 0 Å². The fourth-order valence-electron chi connectivity index (χ4n) is 1.97. The first kappa shape index (κ1) is 20.5. The van der Waals surface area contributed by atoms with Gasteiger partial charge in [0.05, 0.1) is 10.7 Å². The molecule has 0 bridgehead atoms. The van der Waals surface area contributed by atoms with Gasteiger partial charge in [-0.15, -0.1) is 0 Å². The van der Waals surface area contributed by atoms with Gasteiger partial charge in [-0.2, -0.15) is 0 Å². The van der Waals surface area contributed by atoms with Crippen molar-refractivity contribution in [3.05, 3.63) is 58.6 Å². The third kappa shape index (κ3) is 6.48. The van der Waals surface area contributed by atoms with E-state index in [0.29, 0.717) is 16.3 Å². The molecule has 0 fully saturated rings. The molecule has 0 unspecified atom stereocenters. The Bertz CT molecular complexity index is 669. The van der Waals surface area contributed by atoms with Crippen LogP contribution in [0, 0.1) is 0 Å². The fraction of sp³-hybridized carbons (Fsp3) is 0.235. The van der Waals surface area contributed by atoms with Crippen molar-refractivity contribution in [1.29, 1.82) is 0 Å². The second-order valence-corrected chi connectivity index (χ2v) is 8.76. The number of aromatic hydroxyl groups is 1. The summed E-state index contributed by atoms with van der Waals surface area (Å²) in [6, 6.07) is 13.1. The Morgan fingerprint density at radius 2 is 1.65 bits per heavy atom. The van der Waals surface area contributed by atoms with Gasteiger partial charge >= 0.3 is 35.6 Å². The van der Waals surface area contributed by atoms with E-state index in [2.05, 4.69) is 25.8 Å². The van der Waals surface area contributed by atoms with E-state index in [1.807, 2.05) is 36.4 Å². The molecule has 0 aliphatic heterocycles. The van der Waals surface area contributed by atoms with Crippen LogP contribution >= 0.6 is 30.2 Å². The van der Waals surface area contributed by atoms with Crippen LogP contribution in [-0.2, 0) is 22.4 Å². The number of halogens is 3. The molecule has 0 saturated heterocycles. The molecule has 0 atom stereocenters. The standard InChI is InChI=1S/C17H18ClNO.2ClH.Ti/c1-17(2,3)13-8-6-7-12(16(13)20)11-19-15-10-5-4-9-14(15)18;;;/h4-11,20H,1-3H3;2*1H;/q;;;+2/p-2. The maximum atomic E-state index is 10.3. The summed E-state index contributed by atoms with van der Waals surface area (Å²) in [6.07, 6.45) is 1.64. The zero-order valence-corrected chi connectivity index (χ0v) is 17.0. The summed E-state index contributed by atoms with van der Waals surface area (Å²) in [4.78, 5) is 4.34. The van der Waals surface area contributed by atoms with Gasteiger partial charge in [-0.3, -0.25) is 4.99 Å². The topological polar surface area (TPSA) is 32.6 Å². The Kier molecular flexibility index (Phi) is 8.67. The average Bonchev–Trinajstić information content (AvgIpc) is 2.47. The Hall–Kier alpha value is -0.506. The van der Waals surface area contributed by atoms with Crippen molar-refractivity contribution in [3.8, 4) is 5.75 Å². The van der Waals surface area contributed by atoms with Crippen LogP contribution in [0.15, 0.2) is 47.5 Å². The van der Waals surface area contributed by atoms with Crippen molar-refractivity contribution < 1.29 is 22.1 Å². The summed E-state index contributed by atoms with van der Waals surface area (Å²) < 4.78 is 0. The van der Waals surface area contributed by atoms with Crippen molar-refractivity contribution in [2.75, 3.05) is 0 Å². The van der Waals surface area contributed by atoms with E-state index < -0.39 is 17.0 Å². The minimum atomic E-state index is -0.556. The second kappa shape index (κ2) is 9.71. The van der Waals surface area contributed by atoms with E-state index in [9.17, 15) is 5.11 Å². The first-order valence-corrected chi connectivity index (χ1v) is 11.6. The number of hydrogen-bond acceptors (Lipinski definition) is 2. The van der Waals surface area contributed by atoms with Gasteiger partial charge in [0.25, 0.3) is 0 Å². The molecule has 0 saturated carbocycles. The van der Waals surface area contributed by atoms with Gasteiger partial charge < -0.3 is 5.11 Å². The number of aliphatic imine (C=N–C) groups is 1. The van der Waals surface area contributed by atoms with Crippen LogP contribution in [0.4, 0.5) is 5.69 Å². The molecule has 0 radical (unpaired) electrons. The van der Waals surface area contributed by atoms with Gasteiger partial charge in [-0.05, 0) is 29.2 Å². The van der Waals surface area contributed by atoms with Crippen molar-refractivity contribution in [2.24, 2.45) is 4.99 Å². The summed E-state index contributed by atoms with van der Waals surface area (Å²) in [5.74, 6) is 0.274. The van der Waals surface area contributed by atoms with Crippen LogP contribution < -0.4 is 0 Å². The van der Waals surface area contributed by atoms with Crippen molar-refractivity contribution >= 4 is 42.1 Å². The van der Waals surface area contributed by atoms with Crippen LogP contribution in [0.5, 0.6) is 5.75 Å². The van der Waals surface area contributed by atoms with Crippen molar-refractivity contribution in [3.63, 3.8) is 0 Å². The van der Waals surface area contributed by atoms with Crippen LogP contribution in [0.2, 0.25) is 5.02 Å². The van der Waals surface area contributed by atoms with Crippen LogP contribution in [-0.4, -0.2) is 11.3 Å². The molecule has 2 rings (SSSR count). The quantitative estimate of drug-likeness (QED) is 0.450. The molecule has 23 heavy (non-hydrogen) atoms. The molecule has 2 aromatic carbocycles. The normalized spacial score (nSPS) is 11.0. The predicted molar refractivity (Wildman–Crippen MR) is 97.2 cm³/mol. The number of phenols is 1.